The molecule has 0 radical (unpaired) electrons. The fraction of sp³-hybridized carbons (Fsp3) is 0.200. The molecule has 72 valence electrons. The van der Waals surface area contributed by atoms with Crippen LogP contribution in [0, 0.1) is 18.3 Å². The summed E-state index contributed by atoms with van der Waals surface area (Å²) in [4.78, 5) is 10.5. The molecule has 14 heavy (non-hydrogen) atoms. The molecule has 0 heterocycles. The SMILES string of the molecule is Cc1ccc(C#N)c(N)c1CC(=O)O. The normalized spacial score (nSPS) is 9.43. The van der Waals surface area contributed by atoms with Gasteiger partial charge in [-0.15, -0.1) is 0 Å². The molecule has 0 amide bonds. The van der Waals surface area contributed by atoms with Crippen LogP contribution in [0.25, 0.3) is 0 Å². The van der Waals surface area contributed by atoms with Crippen molar-refractivity contribution >= 4 is 11.7 Å². The van der Waals surface area contributed by atoms with Crippen LogP contribution in [0.5, 0.6) is 0 Å². The summed E-state index contributed by atoms with van der Waals surface area (Å²) in [5.41, 5.74) is 7.58. The molecular weight excluding hydrogens is 180 g/mol. The fourth-order valence-electron chi connectivity index (χ4n) is 1.26. The van der Waals surface area contributed by atoms with Crippen LogP contribution < -0.4 is 5.73 Å². The van der Waals surface area contributed by atoms with Crippen LogP contribution >= 0.6 is 0 Å². The van der Waals surface area contributed by atoms with E-state index in [2.05, 4.69) is 0 Å². The van der Waals surface area contributed by atoms with Gasteiger partial charge in [-0.25, -0.2) is 0 Å². The minimum Gasteiger partial charge on any atom is -0.481 e. The quantitative estimate of drug-likeness (QED) is 0.683. The number of aliphatic carboxylic acids is 1. The average molecular weight is 190 g/mol. The zero-order chi connectivity index (χ0) is 10.7. The molecule has 0 aliphatic rings. The highest BCUT2D eigenvalue weighted by Crippen LogP contribution is 2.21. The van der Waals surface area contributed by atoms with Crippen molar-refractivity contribution in [3.63, 3.8) is 0 Å². The predicted molar refractivity (Wildman–Crippen MR) is 51.6 cm³/mol. The van der Waals surface area contributed by atoms with E-state index in [1.807, 2.05) is 6.07 Å². The zero-order valence-electron chi connectivity index (χ0n) is 7.74. The van der Waals surface area contributed by atoms with E-state index in [4.69, 9.17) is 16.1 Å². The van der Waals surface area contributed by atoms with Gasteiger partial charge < -0.3 is 10.8 Å². The van der Waals surface area contributed by atoms with Crippen LogP contribution in [0.15, 0.2) is 12.1 Å². The van der Waals surface area contributed by atoms with Gasteiger partial charge in [-0.3, -0.25) is 4.79 Å². The Morgan fingerprint density at radius 1 is 1.64 bits per heavy atom. The second-order valence-electron chi connectivity index (χ2n) is 3.00. The largest absolute Gasteiger partial charge is 0.481 e. The van der Waals surface area contributed by atoms with Crippen molar-refractivity contribution in [1.29, 1.82) is 5.26 Å². The Hall–Kier alpha value is -2.02. The molecule has 0 saturated heterocycles. The van der Waals surface area contributed by atoms with E-state index in [0.717, 1.165) is 5.56 Å². The second kappa shape index (κ2) is 3.79. The summed E-state index contributed by atoms with van der Waals surface area (Å²) in [6.07, 6.45) is -0.146. The van der Waals surface area contributed by atoms with Gasteiger partial charge in [-0.2, -0.15) is 5.26 Å². The average Bonchev–Trinajstić information content (AvgIpc) is 2.12. The number of hydrogen-bond acceptors (Lipinski definition) is 3. The van der Waals surface area contributed by atoms with E-state index in [9.17, 15) is 4.79 Å². The van der Waals surface area contributed by atoms with E-state index in [1.165, 1.54) is 0 Å². The number of nitrogens with two attached hydrogens (primary N) is 1. The molecule has 4 heteroatoms. The lowest BCUT2D eigenvalue weighted by Crippen LogP contribution is -2.07. The lowest BCUT2D eigenvalue weighted by Gasteiger charge is -2.08. The molecule has 0 bridgehead atoms. The first kappa shape index (κ1) is 10.1. The molecule has 1 rings (SSSR count). The van der Waals surface area contributed by atoms with Gasteiger partial charge in [-0.1, -0.05) is 6.07 Å². The molecule has 0 saturated carbocycles. The molecule has 0 aliphatic heterocycles. The maximum absolute atomic E-state index is 10.5. The second-order valence-corrected chi connectivity index (χ2v) is 3.00. The van der Waals surface area contributed by atoms with Gasteiger partial charge in [0, 0.05) is 0 Å². The van der Waals surface area contributed by atoms with Gasteiger partial charge in [-0.05, 0) is 24.1 Å². The van der Waals surface area contributed by atoms with E-state index in [1.54, 1.807) is 19.1 Å². The lowest BCUT2D eigenvalue weighted by atomic mass is 10.00. The Kier molecular flexibility index (Phi) is 2.73. The van der Waals surface area contributed by atoms with Crippen LogP contribution in [-0.4, -0.2) is 11.1 Å². The van der Waals surface area contributed by atoms with Crippen molar-refractivity contribution < 1.29 is 9.90 Å². The van der Waals surface area contributed by atoms with E-state index in [0.29, 0.717) is 11.1 Å². The van der Waals surface area contributed by atoms with Gasteiger partial charge in [0.2, 0.25) is 0 Å². The number of carbonyl (C=O) groups is 1. The van der Waals surface area contributed by atoms with Crippen LogP contribution in [0.3, 0.4) is 0 Å². The van der Waals surface area contributed by atoms with Crippen molar-refractivity contribution in [1.82, 2.24) is 0 Å². The Balaban J connectivity index is 3.27. The maximum Gasteiger partial charge on any atom is 0.307 e. The maximum atomic E-state index is 10.5. The monoisotopic (exact) mass is 190 g/mol. The highest BCUT2D eigenvalue weighted by atomic mass is 16.4. The summed E-state index contributed by atoms with van der Waals surface area (Å²) in [6, 6.07) is 5.21. The zero-order valence-corrected chi connectivity index (χ0v) is 7.74. The molecule has 0 spiro atoms. The number of aryl methyl sites for hydroxylation is 1. The Morgan fingerprint density at radius 2 is 2.29 bits per heavy atom. The van der Waals surface area contributed by atoms with Crippen molar-refractivity contribution in [2.75, 3.05) is 5.73 Å². The standard InChI is InChI=1S/C10H10N2O2/c1-6-2-3-7(5-11)10(12)8(6)4-9(13)14/h2-3H,4,12H2,1H3,(H,13,14). The van der Waals surface area contributed by atoms with E-state index >= 15 is 0 Å². The number of nitrogens with zero attached hydrogens (tertiary/aromatic N) is 1. The van der Waals surface area contributed by atoms with E-state index < -0.39 is 5.97 Å². The predicted octanol–water partition coefficient (Wildman–Crippen LogP) is 1.08. The number of rotatable bonds is 2. The highest BCUT2D eigenvalue weighted by Gasteiger charge is 2.10. The van der Waals surface area contributed by atoms with Gasteiger partial charge in [0.15, 0.2) is 0 Å². The first-order valence-corrected chi connectivity index (χ1v) is 4.06. The molecule has 0 fully saturated rings. The highest BCUT2D eigenvalue weighted by molar-refractivity contribution is 5.75. The van der Waals surface area contributed by atoms with Crippen molar-refractivity contribution in [3.05, 3.63) is 28.8 Å². The lowest BCUT2D eigenvalue weighted by molar-refractivity contribution is -0.136. The van der Waals surface area contributed by atoms with Crippen LogP contribution in [0.4, 0.5) is 5.69 Å². The van der Waals surface area contributed by atoms with Crippen LogP contribution in [-0.2, 0) is 11.2 Å². The van der Waals surface area contributed by atoms with Crippen molar-refractivity contribution in [2.24, 2.45) is 0 Å². The van der Waals surface area contributed by atoms with Crippen molar-refractivity contribution in [3.8, 4) is 6.07 Å². The summed E-state index contributed by atoms with van der Waals surface area (Å²) >= 11 is 0. The molecule has 0 aromatic heterocycles. The number of nitrogen functional groups attached to an aromatic ring is 1. The summed E-state index contributed by atoms with van der Waals surface area (Å²) in [7, 11) is 0. The van der Waals surface area contributed by atoms with Crippen LogP contribution in [0.2, 0.25) is 0 Å². The van der Waals surface area contributed by atoms with Gasteiger partial charge in [0.25, 0.3) is 0 Å². The smallest absolute Gasteiger partial charge is 0.307 e. The Morgan fingerprint density at radius 3 is 2.79 bits per heavy atom. The fourth-order valence-corrected chi connectivity index (χ4v) is 1.26. The molecule has 4 nitrogen and oxygen atoms in total. The van der Waals surface area contributed by atoms with Crippen molar-refractivity contribution in [2.45, 2.75) is 13.3 Å². The van der Waals surface area contributed by atoms with Gasteiger partial charge >= 0.3 is 5.97 Å². The number of nitriles is 1. The molecule has 1 aromatic carbocycles. The molecule has 0 atom stereocenters. The summed E-state index contributed by atoms with van der Waals surface area (Å²) < 4.78 is 0. The van der Waals surface area contributed by atoms with Gasteiger partial charge in [0.1, 0.15) is 6.07 Å². The first-order valence-electron chi connectivity index (χ1n) is 4.06. The first-order chi connectivity index (χ1) is 6.56. The molecular formula is C10H10N2O2. The Labute approximate surface area is 81.6 Å². The molecule has 0 aliphatic carbocycles. The summed E-state index contributed by atoms with van der Waals surface area (Å²) in [5, 5.41) is 17.3. The minimum atomic E-state index is -0.949. The summed E-state index contributed by atoms with van der Waals surface area (Å²) in [5.74, 6) is -0.949. The number of carboxylic acid groups (broad SMARTS) is 1. The number of carboxylic acids is 1. The van der Waals surface area contributed by atoms with Gasteiger partial charge in [0.05, 0.1) is 17.7 Å². The third kappa shape index (κ3) is 1.83. The van der Waals surface area contributed by atoms with Crippen LogP contribution in [0.1, 0.15) is 16.7 Å². The molecule has 0 unspecified atom stereocenters. The molecule has 1 aromatic rings. The number of benzene rings is 1. The third-order valence-electron chi connectivity index (χ3n) is 2.04. The third-order valence-corrected chi connectivity index (χ3v) is 2.04. The molecule has 3 N–H and O–H groups in total. The number of hydrogen-bond donors (Lipinski definition) is 2. The minimum absolute atomic E-state index is 0.146. The number of anilines is 1. The Bertz CT molecular complexity index is 419. The topological polar surface area (TPSA) is 87.1 Å². The summed E-state index contributed by atoms with van der Waals surface area (Å²) in [6.45, 7) is 1.77. The van der Waals surface area contributed by atoms with E-state index in [-0.39, 0.29) is 12.1 Å².